The van der Waals surface area contributed by atoms with Crippen LogP contribution in [0.3, 0.4) is 0 Å². The van der Waals surface area contributed by atoms with Crippen molar-refractivity contribution in [2.24, 2.45) is 0 Å². The number of benzene rings is 5. The molecule has 0 N–H and O–H groups in total. The van der Waals surface area contributed by atoms with E-state index in [1.807, 2.05) is 85.1 Å². The zero-order chi connectivity index (χ0) is 35.7. The number of pyridine rings is 2. The number of fused-ring (bicyclic) bond motifs is 4. The van der Waals surface area contributed by atoms with E-state index >= 15 is 0 Å². The molecule has 0 amide bonds. The second-order valence-electron chi connectivity index (χ2n) is 13.7. The summed E-state index contributed by atoms with van der Waals surface area (Å²) in [4.78, 5) is 14.1. The van der Waals surface area contributed by atoms with E-state index in [2.05, 4.69) is 76.6 Å². The summed E-state index contributed by atoms with van der Waals surface area (Å²) in [6.45, 7) is 7.67. The van der Waals surface area contributed by atoms with Gasteiger partial charge in [0, 0.05) is 50.0 Å². The van der Waals surface area contributed by atoms with E-state index in [0.717, 1.165) is 50.0 Å². The third kappa shape index (κ3) is 7.39. The molecule has 8 heteroatoms. The first-order valence-electron chi connectivity index (χ1n) is 17.2. The third-order valence-electron chi connectivity index (χ3n) is 9.14. The van der Waals surface area contributed by atoms with Gasteiger partial charge >= 0.3 is 0 Å². The number of hydrogen-bond donors (Lipinski definition) is 0. The number of halogens is 1. The summed E-state index contributed by atoms with van der Waals surface area (Å²) in [5.74, 6) is 0.505. The van der Waals surface area contributed by atoms with Gasteiger partial charge in [-0.05, 0) is 58.9 Å². The van der Waals surface area contributed by atoms with Gasteiger partial charge in [-0.2, -0.15) is 0 Å². The fourth-order valence-electron chi connectivity index (χ4n) is 6.39. The number of furan rings is 1. The Balaban J connectivity index is 0.000000216. The van der Waals surface area contributed by atoms with Crippen LogP contribution >= 0.6 is 0 Å². The number of aromatic nitrogens is 4. The molecule has 0 bridgehead atoms. The van der Waals surface area contributed by atoms with E-state index in [1.165, 1.54) is 22.9 Å². The number of rotatable bonds is 6. The van der Waals surface area contributed by atoms with Crippen LogP contribution in [0.2, 0.25) is 19.6 Å². The van der Waals surface area contributed by atoms with E-state index in [9.17, 15) is 4.39 Å². The van der Waals surface area contributed by atoms with Crippen LogP contribution in [0, 0.1) is 17.9 Å². The van der Waals surface area contributed by atoms with Gasteiger partial charge in [0.15, 0.2) is 0 Å². The summed E-state index contributed by atoms with van der Waals surface area (Å²) in [5.41, 5.74) is 8.83. The smallest absolute Gasteiger partial charge is 0.147 e. The van der Waals surface area contributed by atoms with Crippen molar-refractivity contribution in [3.8, 4) is 33.9 Å². The molecule has 9 aromatic rings. The minimum Gasteiger partial charge on any atom is -0.498 e. The second kappa shape index (κ2) is 15.2. The molecular weight excluding hydrogens is 852 g/mol. The second-order valence-corrected chi connectivity index (χ2v) is 18.8. The average Bonchev–Trinajstić information content (AvgIpc) is 3.74. The Hall–Kier alpha value is -5.53. The summed E-state index contributed by atoms with van der Waals surface area (Å²) in [6.07, 6.45) is 3.78. The first kappa shape index (κ1) is 35.9. The fourth-order valence-corrected chi connectivity index (χ4v) is 7.42. The van der Waals surface area contributed by atoms with E-state index in [4.69, 9.17) is 9.40 Å². The molecule has 0 saturated carbocycles. The molecule has 0 aliphatic rings. The van der Waals surface area contributed by atoms with Gasteiger partial charge in [-0.25, -0.2) is 4.39 Å². The average molecular weight is 887 g/mol. The van der Waals surface area contributed by atoms with E-state index in [-0.39, 0.29) is 25.9 Å². The predicted octanol–water partition coefficient (Wildman–Crippen LogP) is 10.7. The molecule has 4 aromatic heterocycles. The molecule has 5 nitrogen and oxygen atoms in total. The SMILES string of the molecule is C[Si](C)(C)c1ccc(-c2[c-]cccc2)nc1.Fc1ccc(-c2nccc3c2oc2c(-c4nc5ccccc5n4Cc4ccccc4)[c-]ccc23)cc1.[Ir]. The number of hydrogen-bond acceptors (Lipinski definition) is 4. The molecule has 1 radical (unpaired) electrons. The summed E-state index contributed by atoms with van der Waals surface area (Å²) < 4.78 is 22.3. The van der Waals surface area contributed by atoms with Gasteiger partial charge in [-0.1, -0.05) is 85.2 Å². The van der Waals surface area contributed by atoms with Crippen molar-refractivity contribution in [3.05, 3.63) is 169 Å². The molecule has 0 atom stereocenters. The maximum absolute atomic E-state index is 13.5. The molecule has 53 heavy (non-hydrogen) atoms. The van der Waals surface area contributed by atoms with Crippen LogP contribution in [0.4, 0.5) is 4.39 Å². The summed E-state index contributed by atoms with van der Waals surface area (Å²) in [6, 6.07) is 49.5. The van der Waals surface area contributed by atoms with Crippen LogP contribution in [-0.4, -0.2) is 27.6 Å². The van der Waals surface area contributed by atoms with Crippen molar-refractivity contribution in [2.75, 3.05) is 0 Å². The number of nitrogens with zero attached hydrogens (tertiary/aromatic N) is 4. The van der Waals surface area contributed by atoms with Crippen molar-refractivity contribution < 1.29 is 28.9 Å². The van der Waals surface area contributed by atoms with Gasteiger partial charge in [0.05, 0.1) is 30.5 Å². The van der Waals surface area contributed by atoms with Gasteiger partial charge in [0.1, 0.15) is 17.1 Å². The topological polar surface area (TPSA) is 56.7 Å². The Morgan fingerprint density at radius 2 is 1.47 bits per heavy atom. The van der Waals surface area contributed by atoms with Gasteiger partial charge in [0.25, 0.3) is 0 Å². The van der Waals surface area contributed by atoms with Crippen LogP contribution in [0.25, 0.3) is 66.9 Å². The molecule has 0 aliphatic carbocycles. The van der Waals surface area contributed by atoms with Crippen molar-refractivity contribution >= 4 is 46.2 Å². The van der Waals surface area contributed by atoms with Crippen LogP contribution in [0.1, 0.15) is 5.56 Å². The quantitative estimate of drug-likeness (QED) is 0.123. The van der Waals surface area contributed by atoms with Crippen LogP contribution in [-0.2, 0) is 26.7 Å². The van der Waals surface area contributed by atoms with Crippen molar-refractivity contribution in [3.63, 3.8) is 0 Å². The minimum atomic E-state index is -1.23. The van der Waals surface area contributed by atoms with Crippen molar-refractivity contribution in [1.82, 2.24) is 19.5 Å². The standard InChI is InChI=1S/C31H19FN3O.C14H16NSi.Ir/c32-22-15-13-21(14-16-22)28-30-24(17-18-33-28)23-9-6-10-25(29(23)36-30)31-34-26-11-4-5-12-27(26)35(31)19-20-7-2-1-3-8-20;1-16(2,3)13-9-10-14(15-11-13)12-7-5-4-6-8-12;/h1-9,11-18H,19H2;4-7,9-11H,1-3H3;/q2*-1;. The Labute approximate surface area is 322 Å². The van der Waals surface area contributed by atoms with E-state index < -0.39 is 8.07 Å². The first-order chi connectivity index (χ1) is 25.3. The van der Waals surface area contributed by atoms with E-state index in [1.54, 1.807) is 18.3 Å². The maximum Gasteiger partial charge on any atom is 0.147 e. The van der Waals surface area contributed by atoms with Crippen LogP contribution in [0.5, 0.6) is 0 Å². The van der Waals surface area contributed by atoms with Crippen LogP contribution < -0.4 is 5.19 Å². The van der Waals surface area contributed by atoms with Gasteiger partial charge < -0.3 is 14.0 Å². The molecule has 5 aromatic carbocycles. The Kier molecular flexibility index (Phi) is 10.3. The minimum absolute atomic E-state index is 0. The third-order valence-corrected chi connectivity index (χ3v) is 11.2. The molecular formula is C45H35FIrN4OSi-2. The summed E-state index contributed by atoms with van der Waals surface area (Å²) in [5, 5.41) is 3.30. The zero-order valence-electron chi connectivity index (χ0n) is 29.5. The van der Waals surface area contributed by atoms with Crippen molar-refractivity contribution in [2.45, 2.75) is 26.2 Å². The van der Waals surface area contributed by atoms with Gasteiger partial charge in [-0.15, -0.1) is 54.1 Å². The zero-order valence-corrected chi connectivity index (χ0v) is 32.9. The summed E-state index contributed by atoms with van der Waals surface area (Å²) in [7, 11) is -1.23. The van der Waals surface area contributed by atoms with Gasteiger partial charge in [0.2, 0.25) is 0 Å². The normalized spacial score (nSPS) is 11.3. The monoisotopic (exact) mass is 887 g/mol. The van der Waals surface area contributed by atoms with E-state index in [0.29, 0.717) is 23.4 Å². The first-order valence-corrected chi connectivity index (χ1v) is 20.7. The molecule has 0 unspecified atom stereocenters. The number of para-hydroxylation sites is 2. The largest absolute Gasteiger partial charge is 0.498 e. The van der Waals surface area contributed by atoms with Crippen molar-refractivity contribution in [1.29, 1.82) is 0 Å². The molecule has 4 heterocycles. The van der Waals surface area contributed by atoms with Gasteiger partial charge in [-0.3, -0.25) is 9.97 Å². The predicted molar refractivity (Wildman–Crippen MR) is 212 cm³/mol. The molecule has 9 rings (SSSR count). The Morgan fingerprint density at radius 3 is 2.21 bits per heavy atom. The number of imidazole rings is 1. The Morgan fingerprint density at radius 1 is 0.717 bits per heavy atom. The molecule has 0 aliphatic heterocycles. The summed E-state index contributed by atoms with van der Waals surface area (Å²) >= 11 is 0. The van der Waals surface area contributed by atoms with Crippen LogP contribution in [0.15, 0.2) is 150 Å². The molecule has 0 saturated heterocycles. The molecule has 0 spiro atoms. The maximum atomic E-state index is 13.5. The molecule has 263 valence electrons. The Bertz CT molecular complexity index is 2630. The fraction of sp³-hybridized carbons (Fsp3) is 0.0889. The molecule has 0 fully saturated rings.